The van der Waals surface area contributed by atoms with Gasteiger partial charge in [-0.3, -0.25) is 9.78 Å². The lowest BCUT2D eigenvalue weighted by atomic mass is 10.0. The Morgan fingerprint density at radius 3 is 2.91 bits per heavy atom. The number of rotatable bonds is 6. The molecule has 0 aliphatic heterocycles. The first-order valence-corrected chi connectivity index (χ1v) is 7.51. The summed E-state index contributed by atoms with van der Waals surface area (Å²) in [6, 6.07) is 9.67. The molecule has 0 saturated carbocycles. The van der Waals surface area contributed by atoms with E-state index in [9.17, 15) is 4.79 Å². The van der Waals surface area contributed by atoms with Crippen molar-refractivity contribution in [3.63, 3.8) is 0 Å². The van der Waals surface area contributed by atoms with Gasteiger partial charge in [0.2, 0.25) is 0 Å². The molecule has 2 aromatic rings. The molecule has 5 nitrogen and oxygen atoms in total. The second kappa shape index (κ2) is 8.08. The molecule has 1 aromatic carbocycles. The van der Waals surface area contributed by atoms with E-state index in [2.05, 4.69) is 29.4 Å². The largest absolute Gasteiger partial charge is 0.483 e. The number of hydrogen-bond donors (Lipinski definition) is 1. The molecule has 0 atom stereocenters. The third-order valence-corrected chi connectivity index (χ3v) is 3.24. The van der Waals surface area contributed by atoms with Gasteiger partial charge in [0.05, 0.1) is 6.21 Å². The zero-order valence-electron chi connectivity index (χ0n) is 13.6. The predicted molar refractivity (Wildman–Crippen MR) is 90.7 cm³/mol. The lowest BCUT2D eigenvalue weighted by molar-refractivity contribution is -0.123. The number of hydrazone groups is 1. The molecule has 23 heavy (non-hydrogen) atoms. The summed E-state index contributed by atoms with van der Waals surface area (Å²) < 4.78 is 5.65. The Morgan fingerprint density at radius 1 is 1.39 bits per heavy atom. The molecule has 1 heterocycles. The Bertz CT molecular complexity index is 682. The average molecular weight is 311 g/mol. The van der Waals surface area contributed by atoms with Crippen LogP contribution in [-0.4, -0.2) is 23.7 Å². The molecule has 1 amide bonds. The highest BCUT2D eigenvalue weighted by Gasteiger charge is 2.09. The Balaban J connectivity index is 1.90. The number of nitrogens with zero attached hydrogens (tertiary/aromatic N) is 2. The summed E-state index contributed by atoms with van der Waals surface area (Å²) in [5.74, 6) is 0.769. The quantitative estimate of drug-likeness (QED) is 0.659. The van der Waals surface area contributed by atoms with Gasteiger partial charge in [-0.1, -0.05) is 32.0 Å². The molecule has 0 saturated heterocycles. The van der Waals surface area contributed by atoms with E-state index in [1.807, 2.05) is 31.2 Å². The van der Waals surface area contributed by atoms with E-state index in [1.165, 1.54) is 6.21 Å². The number of carbonyl (C=O) groups excluding carboxylic acids is 1. The first-order chi connectivity index (χ1) is 11.1. The van der Waals surface area contributed by atoms with Crippen LogP contribution in [0.15, 0.2) is 47.8 Å². The summed E-state index contributed by atoms with van der Waals surface area (Å²) in [4.78, 5) is 15.8. The number of carbonyl (C=O) groups is 1. The van der Waals surface area contributed by atoms with E-state index < -0.39 is 0 Å². The number of nitrogens with one attached hydrogen (secondary N) is 1. The van der Waals surface area contributed by atoms with Crippen LogP contribution in [0.5, 0.6) is 5.75 Å². The Morgan fingerprint density at radius 2 is 2.22 bits per heavy atom. The maximum absolute atomic E-state index is 11.8. The third kappa shape index (κ3) is 5.21. The van der Waals surface area contributed by atoms with E-state index in [1.54, 1.807) is 18.5 Å². The minimum absolute atomic E-state index is 0.0758. The van der Waals surface area contributed by atoms with Crippen molar-refractivity contribution in [2.45, 2.75) is 26.7 Å². The number of aromatic nitrogens is 1. The van der Waals surface area contributed by atoms with E-state index in [-0.39, 0.29) is 12.5 Å². The summed E-state index contributed by atoms with van der Waals surface area (Å²) in [6.45, 7) is 6.11. The van der Waals surface area contributed by atoms with Gasteiger partial charge < -0.3 is 4.74 Å². The van der Waals surface area contributed by atoms with Gasteiger partial charge in [-0.15, -0.1) is 0 Å². The topological polar surface area (TPSA) is 63.6 Å². The first-order valence-electron chi connectivity index (χ1n) is 7.51. The number of pyridine rings is 1. The van der Waals surface area contributed by atoms with Gasteiger partial charge in [-0.05, 0) is 36.1 Å². The van der Waals surface area contributed by atoms with Gasteiger partial charge in [-0.25, -0.2) is 5.43 Å². The van der Waals surface area contributed by atoms with Crippen LogP contribution in [0, 0.1) is 6.92 Å². The molecule has 1 aromatic heterocycles. The van der Waals surface area contributed by atoms with Crippen molar-refractivity contribution in [2.24, 2.45) is 5.10 Å². The standard InChI is InChI=1S/C18H21N3O2/c1-13(2)16-7-6-14(3)9-17(16)23-12-18(22)21-20-11-15-5-4-8-19-10-15/h4-11,13H,12H2,1-3H3,(H,21,22)/b20-11-. The van der Waals surface area contributed by atoms with Crippen molar-refractivity contribution >= 4 is 12.1 Å². The van der Waals surface area contributed by atoms with Crippen molar-refractivity contribution in [2.75, 3.05) is 6.61 Å². The van der Waals surface area contributed by atoms with Gasteiger partial charge in [0.1, 0.15) is 5.75 Å². The summed E-state index contributed by atoms with van der Waals surface area (Å²) in [6.07, 6.45) is 4.88. The molecule has 0 fully saturated rings. The minimum atomic E-state index is -0.304. The second-order valence-electron chi connectivity index (χ2n) is 5.56. The highest BCUT2D eigenvalue weighted by molar-refractivity contribution is 5.82. The molecule has 0 aliphatic carbocycles. The van der Waals surface area contributed by atoms with Gasteiger partial charge >= 0.3 is 0 Å². The van der Waals surface area contributed by atoms with Gasteiger partial charge in [0, 0.05) is 18.0 Å². The molecule has 120 valence electrons. The predicted octanol–water partition coefficient (Wildman–Crippen LogP) is 3.04. The molecule has 2 rings (SSSR count). The number of amides is 1. The Hall–Kier alpha value is -2.69. The summed E-state index contributed by atoms with van der Waals surface area (Å²) in [5.41, 5.74) is 5.44. The summed E-state index contributed by atoms with van der Waals surface area (Å²) >= 11 is 0. The van der Waals surface area contributed by atoms with E-state index in [0.717, 1.165) is 22.4 Å². The van der Waals surface area contributed by atoms with Crippen LogP contribution in [0.4, 0.5) is 0 Å². The van der Waals surface area contributed by atoms with Gasteiger partial charge in [-0.2, -0.15) is 5.10 Å². The third-order valence-electron chi connectivity index (χ3n) is 3.24. The van der Waals surface area contributed by atoms with Crippen molar-refractivity contribution < 1.29 is 9.53 Å². The second-order valence-corrected chi connectivity index (χ2v) is 5.56. The average Bonchev–Trinajstić information content (AvgIpc) is 2.53. The molecular formula is C18H21N3O2. The van der Waals surface area contributed by atoms with Crippen LogP contribution in [0.25, 0.3) is 0 Å². The zero-order chi connectivity index (χ0) is 16.7. The van der Waals surface area contributed by atoms with Crippen LogP contribution in [0.2, 0.25) is 0 Å². The lowest BCUT2D eigenvalue weighted by Gasteiger charge is -2.14. The normalized spacial score (nSPS) is 11.0. The zero-order valence-corrected chi connectivity index (χ0v) is 13.6. The fraction of sp³-hybridized carbons (Fsp3) is 0.278. The molecule has 0 spiro atoms. The Labute approximate surface area is 136 Å². The molecular weight excluding hydrogens is 290 g/mol. The fourth-order valence-electron chi connectivity index (χ4n) is 2.05. The summed E-state index contributed by atoms with van der Waals surface area (Å²) in [7, 11) is 0. The van der Waals surface area contributed by atoms with Crippen LogP contribution in [0.1, 0.15) is 36.5 Å². The van der Waals surface area contributed by atoms with Crippen LogP contribution >= 0.6 is 0 Å². The fourth-order valence-corrected chi connectivity index (χ4v) is 2.05. The first kappa shape index (κ1) is 16.7. The van der Waals surface area contributed by atoms with Crippen molar-refractivity contribution in [1.29, 1.82) is 0 Å². The van der Waals surface area contributed by atoms with Crippen molar-refractivity contribution in [1.82, 2.24) is 10.4 Å². The number of hydrogen-bond acceptors (Lipinski definition) is 4. The highest BCUT2D eigenvalue weighted by atomic mass is 16.5. The highest BCUT2D eigenvalue weighted by Crippen LogP contribution is 2.27. The lowest BCUT2D eigenvalue weighted by Crippen LogP contribution is -2.25. The molecule has 0 radical (unpaired) electrons. The van der Waals surface area contributed by atoms with Gasteiger partial charge in [0.25, 0.3) is 5.91 Å². The van der Waals surface area contributed by atoms with E-state index in [0.29, 0.717) is 5.92 Å². The van der Waals surface area contributed by atoms with Crippen LogP contribution < -0.4 is 10.2 Å². The smallest absolute Gasteiger partial charge is 0.277 e. The molecule has 0 aliphatic rings. The summed E-state index contributed by atoms with van der Waals surface area (Å²) in [5, 5.41) is 3.88. The van der Waals surface area contributed by atoms with Crippen LogP contribution in [-0.2, 0) is 4.79 Å². The van der Waals surface area contributed by atoms with E-state index in [4.69, 9.17) is 4.74 Å². The molecule has 0 unspecified atom stereocenters. The van der Waals surface area contributed by atoms with Crippen LogP contribution in [0.3, 0.4) is 0 Å². The van der Waals surface area contributed by atoms with Gasteiger partial charge in [0.15, 0.2) is 6.61 Å². The number of aryl methyl sites for hydroxylation is 1. The SMILES string of the molecule is Cc1ccc(C(C)C)c(OCC(=O)N/N=C\c2cccnc2)c1. The maximum Gasteiger partial charge on any atom is 0.277 e. The monoisotopic (exact) mass is 311 g/mol. The van der Waals surface area contributed by atoms with E-state index >= 15 is 0 Å². The molecule has 1 N–H and O–H groups in total. The Kier molecular flexibility index (Phi) is 5.86. The number of ether oxygens (including phenoxy) is 1. The van der Waals surface area contributed by atoms with Crippen molar-refractivity contribution in [3.05, 3.63) is 59.4 Å². The maximum atomic E-state index is 11.8. The van der Waals surface area contributed by atoms with Crippen molar-refractivity contribution in [3.8, 4) is 5.75 Å². The minimum Gasteiger partial charge on any atom is -0.483 e. The number of benzene rings is 1. The molecule has 5 heteroatoms. The molecule has 0 bridgehead atoms.